The van der Waals surface area contributed by atoms with E-state index < -0.39 is 6.04 Å². The van der Waals surface area contributed by atoms with Gasteiger partial charge in [-0.1, -0.05) is 67.3 Å². The van der Waals surface area contributed by atoms with Gasteiger partial charge in [0, 0.05) is 23.4 Å². The van der Waals surface area contributed by atoms with Crippen molar-refractivity contribution in [1.82, 2.24) is 10.2 Å². The number of nitrogens with zero attached hydrogens (tertiary/aromatic N) is 1. The fourth-order valence-corrected chi connectivity index (χ4v) is 5.04. The fourth-order valence-electron chi connectivity index (χ4n) is 4.04. The number of carbonyl (C=O) groups excluding carboxylic acids is 2. The Morgan fingerprint density at radius 2 is 1.78 bits per heavy atom. The molecule has 0 heterocycles. The van der Waals surface area contributed by atoms with E-state index in [1.165, 1.54) is 6.42 Å². The summed E-state index contributed by atoms with van der Waals surface area (Å²) in [5.41, 5.74) is 3.32. The zero-order valence-electron chi connectivity index (χ0n) is 19.0. The standard InChI is InChI=1S/C26H33ClN2O2S/c1-19-8-6-7-9-22(19)16-29(20(2)26(31)28-24-10-4-3-5-11-24)25(30)18-32-17-21-12-14-23(27)15-13-21/h6-9,12-15,20,24H,3-5,10-11,16-18H2,1-2H3,(H,28,31)/t20-/m0/s1. The maximum atomic E-state index is 13.2. The summed E-state index contributed by atoms with van der Waals surface area (Å²) in [6, 6.07) is 15.4. The van der Waals surface area contributed by atoms with E-state index in [0.717, 1.165) is 48.1 Å². The van der Waals surface area contributed by atoms with Crippen molar-refractivity contribution in [2.24, 2.45) is 0 Å². The monoisotopic (exact) mass is 472 g/mol. The molecular formula is C26H33ClN2O2S. The predicted octanol–water partition coefficient (Wildman–Crippen LogP) is 5.75. The molecular weight excluding hydrogens is 440 g/mol. The topological polar surface area (TPSA) is 49.4 Å². The van der Waals surface area contributed by atoms with Crippen molar-refractivity contribution in [3.8, 4) is 0 Å². The first-order chi connectivity index (χ1) is 15.4. The summed E-state index contributed by atoms with van der Waals surface area (Å²) < 4.78 is 0. The summed E-state index contributed by atoms with van der Waals surface area (Å²) in [6.45, 7) is 4.32. The highest BCUT2D eigenvalue weighted by Crippen LogP contribution is 2.20. The van der Waals surface area contributed by atoms with Crippen LogP contribution in [0.2, 0.25) is 5.02 Å². The minimum atomic E-state index is -0.514. The van der Waals surface area contributed by atoms with Gasteiger partial charge >= 0.3 is 0 Å². The molecule has 0 unspecified atom stereocenters. The second kappa shape index (κ2) is 12.3. The zero-order chi connectivity index (χ0) is 22.9. The molecule has 1 fully saturated rings. The molecule has 1 aliphatic rings. The average Bonchev–Trinajstić information content (AvgIpc) is 2.80. The summed E-state index contributed by atoms with van der Waals surface area (Å²) in [5, 5.41) is 3.90. The van der Waals surface area contributed by atoms with Gasteiger partial charge in [-0.25, -0.2) is 0 Å². The Morgan fingerprint density at radius 1 is 1.09 bits per heavy atom. The quantitative estimate of drug-likeness (QED) is 0.505. The number of aryl methyl sites for hydroxylation is 1. The van der Waals surface area contributed by atoms with E-state index in [1.54, 1.807) is 16.7 Å². The van der Waals surface area contributed by atoms with Crippen LogP contribution in [0.3, 0.4) is 0 Å². The molecule has 0 aromatic heterocycles. The first-order valence-corrected chi connectivity index (χ1v) is 12.9. The van der Waals surface area contributed by atoms with Gasteiger partial charge in [0.2, 0.25) is 11.8 Å². The first kappa shape index (κ1) is 24.7. The second-order valence-corrected chi connectivity index (χ2v) is 10.0. The summed E-state index contributed by atoms with van der Waals surface area (Å²) in [6.07, 6.45) is 5.62. The van der Waals surface area contributed by atoms with E-state index in [4.69, 9.17) is 11.6 Å². The fraction of sp³-hybridized carbons (Fsp3) is 0.462. The molecule has 2 aromatic carbocycles. The van der Waals surface area contributed by atoms with Crippen LogP contribution >= 0.6 is 23.4 Å². The molecule has 3 rings (SSSR count). The van der Waals surface area contributed by atoms with E-state index in [9.17, 15) is 9.59 Å². The zero-order valence-corrected chi connectivity index (χ0v) is 20.6. The van der Waals surface area contributed by atoms with Crippen molar-refractivity contribution < 1.29 is 9.59 Å². The average molecular weight is 473 g/mol. The number of halogens is 1. The van der Waals surface area contributed by atoms with Crippen LogP contribution < -0.4 is 5.32 Å². The third-order valence-electron chi connectivity index (χ3n) is 6.13. The third kappa shape index (κ3) is 7.28. The van der Waals surface area contributed by atoms with Gasteiger partial charge in [-0.2, -0.15) is 0 Å². The molecule has 4 nitrogen and oxygen atoms in total. The first-order valence-electron chi connectivity index (χ1n) is 11.4. The number of hydrogen-bond acceptors (Lipinski definition) is 3. The normalized spacial score (nSPS) is 15.2. The molecule has 1 N–H and O–H groups in total. The molecule has 172 valence electrons. The van der Waals surface area contributed by atoms with Gasteiger partial charge in [-0.3, -0.25) is 9.59 Å². The number of thioether (sulfide) groups is 1. The second-order valence-electron chi connectivity index (χ2n) is 8.59. The molecule has 1 aliphatic carbocycles. The number of amides is 2. The van der Waals surface area contributed by atoms with Crippen molar-refractivity contribution in [1.29, 1.82) is 0 Å². The van der Waals surface area contributed by atoms with Gasteiger partial charge in [0.1, 0.15) is 6.04 Å². The Kier molecular flexibility index (Phi) is 9.49. The molecule has 2 aromatic rings. The molecule has 1 atom stereocenters. The van der Waals surface area contributed by atoms with Crippen LogP contribution in [0.25, 0.3) is 0 Å². The Balaban J connectivity index is 1.65. The van der Waals surface area contributed by atoms with Crippen molar-refractivity contribution >= 4 is 35.2 Å². The highest BCUT2D eigenvalue weighted by Gasteiger charge is 2.28. The predicted molar refractivity (Wildman–Crippen MR) is 134 cm³/mol. The lowest BCUT2D eigenvalue weighted by molar-refractivity contribution is -0.139. The lowest BCUT2D eigenvalue weighted by Gasteiger charge is -2.31. The highest BCUT2D eigenvalue weighted by atomic mass is 35.5. The van der Waals surface area contributed by atoms with Gasteiger partial charge < -0.3 is 10.2 Å². The highest BCUT2D eigenvalue weighted by molar-refractivity contribution is 7.99. The molecule has 1 saturated carbocycles. The number of nitrogens with one attached hydrogen (secondary N) is 1. The molecule has 0 spiro atoms. The van der Waals surface area contributed by atoms with Crippen molar-refractivity contribution in [2.45, 2.75) is 70.3 Å². The summed E-state index contributed by atoms with van der Waals surface area (Å²) in [7, 11) is 0. The third-order valence-corrected chi connectivity index (χ3v) is 7.37. The minimum Gasteiger partial charge on any atom is -0.352 e. The van der Waals surface area contributed by atoms with E-state index in [2.05, 4.69) is 5.32 Å². The van der Waals surface area contributed by atoms with Crippen LogP contribution in [0, 0.1) is 6.92 Å². The van der Waals surface area contributed by atoms with E-state index in [-0.39, 0.29) is 17.9 Å². The minimum absolute atomic E-state index is 0.0153. The Labute approximate surface area is 201 Å². The van der Waals surface area contributed by atoms with Crippen LogP contribution in [0.4, 0.5) is 0 Å². The Bertz CT molecular complexity index is 897. The number of rotatable bonds is 9. The van der Waals surface area contributed by atoms with Crippen LogP contribution in [-0.4, -0.2) is 34.6 Å². The van der Waals surface area contributed by atoms with E-state index >= 15 is 0 Å². The van der Waals surface area contributed by atoms with E-state index in [1.807, 2.05) is 62.4 Å². The van der Waals surface area contributed by atoms with Crippen LogP contribution in [-0.2, 0) is 21.9 Å². The number of carbonyl (C=O) groups is 2. The number of benzene rings is 2. The maximum Gasteiger partial charge on any atom is 0.242 e. The van der Waals surface area contributed by atoms with Crippen LogP contribution in [0.5, 0.6) is 0 Å². The van der Waals surface area contributed by atoms with Gasteiger partial charge in [0.25, 0.3) is 0 Å². The molecule has 6 heteroatoms. The smallest absolute Gasteiger partial charge is 0.242 e. The summed E-state index contributed by atoms with van der Waals surface area (Å²) in [4.78, 5) is 28.0. The molecule has 0 radical (unpaired) electrons. The van der Waals surface area contributed by atoms with Crippen molar-refractivity contribution in [3.05, 3.63) is 70.2 Å². The summed E-state index contributed by atoms with van der Waals surface area (Å²) >= 11 is 7.52. The van der Waals surface area contributed by atoms with Crippen molar-refractivity contribution in [3.63, 3.8) is 0 Å². The number of hydrogen-bond donors (Lipinski definition) is 1. The maximum absolute atomic E-state index is 13.2. The largest absolute Gasteiger partial charge is 0.352 e. The molecule has 2 amide bonds. The SMILES string of the molecule is Cc1ccccc1CN(C(=O)CSCc1ccc(Cl)cc1)[C@@H](C)C(=O)NC1CCCCC1. The summed E-state index contributed by atoms with van der Waals surface area (Å²) in [5.74, 6) is 0.985. The van der Waals surface area contributed by atoms with Crippen LogP contribution in [0.1, 0.15) is 55.7 Å². The van der Waals surface area contributed by atoms with Gasteiger partial charge in [-0.05, 0) is 55.5 Å². The Morgan fingerprint density at radius 3 is 2.47 bits per heavy atom. The molecule has 0 bridgehead atoms. The van der Waals surface area contributed by atoms with Gasteiger partial charge in [0.05, 0.1) is 5.75 Å². The van der Waals surface area contributed by atoms with Gasteiger partial charge in [0.15, 0.2) is 0 Å². The van der Waals surface area contributed by atoms with Crippen LogP contribution in [0.15, 0.2) is 48.5 Å². The van der Waals surface area contributed by atoms with Gasteiger partial charge in [-0.15, -0.1) is 11.8 Å². The Hall–Kier alpha value is -1.98. The molecule has 32 heavy (non-hydrogen) atoms. The molecule has 0 saturated heterocycles. The molecule has 0 aliphatic heterocycles. The lowest BCUT2D eigenvalue weighted by Crippen LogP contribution is -2.50. The van der Waals surface area contributed by atoms with E-state index in [0.29, 0.717) is 17.3 Å². The lowest BCUT2D eigenvalue weighted by atomic mass is 9.95. The van der Waals surface area contributed by atoms with Crippen molar-refractivity contribution in [2.75, 3.05) is 5.75 Å².